The zero-order valence-corrected chi connectivity index (χ0v) is 13.0. The Balaban J connectivity index is 2.51. The zero-order chi connectivity index (χ0) is 15.8. The van der Waals surface area contributed by atoms with Crippen LogP contribution in [0.3, 0.4) is 0 Å². The van der Waals surface area contributed by atoms with Crippen molar-refractivity contribution in [1.29, 1.82) is 0 Å². The lowest BCUT2D eigenvalue weighted by Crippen LogP contribution is -2.16. The molecular weight excluding hydrogens is 315 g/mol. The topological polar surface area (TPSA) is 72.2 Å². The third kappa shape index (κ3) is 3.28. The maximum atomic E-state index is 13.3. The van der Waals surface area contributed by atoms with Gasteiger partial charge in [0.1, 0.15) is 5.82 Å². The highest BCUT2D eigenvalue weighted by Gasteiger charge is 2.21. The van der Waals surface area contributed by atoms with Crippen molar-refractivity contribution in [2.75, 3.05) is 10.5 Å². The molecule has 3 N–H and O–H groups in total. The van der Waals surface area contributed by atoms with Crippen molar-refractivity contribution in [1.82, 2.24) is 0 Å². The molecule has 21 heavy (non-hydrogen) atoms. The molecule has 2 aromatic rings. The van der Waals surface area contributed by atoms with E-state index in [9.17, 15) is 12.8 Å². The van der Waals surface area contributed by atoms with Crippen LogP contribution in [0.5, 0.6) is 0 Å². The number of aryl methyl sites for hydroxylation is 2. The molecule has 0 aromatic heterocycles. The van der Waals surface area contributed by atoms with Crippen molar-refractivity contribution in [2.45, 2.75) is 18.7 Å². The summed E-state index contributed by atoms with van der Waals surface area (Å²) < 4.78 is 40.6. The maximum Gasteiger partial charge on any atom is 0.262 e. The summed E-state index contributed by atoms with van der Waals surface area (Å²) in [6.45, 7) is 3.07. The predicted octanol–water partition coefficient (Wildman–Crippen LogP) is 3.48. The molecule has 0 saturated carbocycles. The molecule has 0 radical (unpaired) electrons. The van der Waals surface area contributed by atoms with Gasteiger partial charge in [0.05, 0.1) is 15.6 Å². The number of nitrogens with two attached hydrogens (primary N) is 1. The smallest absolute Gasteiger partial charge is 0.262 e. The van der Waals surface area contributed by atoms with Gasteiger partial charge in [0, 0.05) is 5.69 Å². The Kier molecular flexibility index (Phi) is 4.11. The predicted molar refractivity (Wildman–Crippen MR) is 82.5 cm³/mol. The van der Waals surface area contributed by atoms with Gasteiger partial charge in [0.2, 0.25) is 0 Å². The molecule has 2 aromatic carbocycles. The van der Waals surface area contributed by atoms with E-state index in [0.29, 0.717) is 16.8 Å². The Morgan fingerprint density at radius 3 is 2.29 bits per heavy atom. The Morgan fingerprint density at radius 1 is 1.14 bits per heavy atom. The van der Waals surface area contributed by atoms with Crippen LogP contribution in [-0.4, -0.2) is 8.42 Å². The largest absolute Gasteiger partial charge is 0.399 e. The van der Waals surface area contributed by atoms with E-state index in [-0.39, 0.29) is 15.6 Å². The van der Waals surface area contributed by atoms with Gasteiger partial charge < -0.3 is 5.73 Å². The average molecular weight is 329 g/mol. The normalized spacial score (nSPS) is 11.4. The zero-order valence-electron chi connectivity index (χ0n) is 11.4. The van der Waals surface area contributed by atoms with Crippen molar-refractivity contribution in [3.05, 3.63) is 52.3 Å². The fourth-order valence-corrected chi connectivity index (χ4v) is 3.89. The molecule has 0 bridgehead atoms. The molecule has 0 unspecified atom stereocenters. The number of benzene rings is 2. The average Bonchev–Trinajstić information content (AvgIpc) is 2.31. The maximum absolute atomic E-state index is 13.3. The third-order valence-corrected chi connectivity index (χ3v) is 4.93. The van der Waals surface area contributed by atoms with Crippen LogP contribution in [0.4, 0.5) is 15.8 Å². The highest BCUT2D eigenvalue weighted by Crippen LogP contribution is 2.29. The molecule has 0 aliphatic carbocycles. The standard InChI is InChI=1S/C14H14ClFN2O2S/c1-8-5-10(16)6-9(2)14(8)21(19,20)18-13-7-11(17)3-4-12(13)15/h3-7,18H,17H2,1-2H3. The summed E-state index contributed by atoms with van der Waals surface area (Å²) in [5, 5.41) is 0.227. The molecule has 4 nitrogen and oxygen atoms in total. The second-order valence-corrected chi connectivity index (χ2v) is 6.74. The van der Waals surface area contributed by atoms with Crippen LogP contribution < -0.4 is 10.5 Å². The second kappa shape index (κ2) is 5.54. The molecule has 0 heterocycles. The van der Waals surface area contributed by atoms with Gasteiger partial charge >= 0.3 is 0 Å². The summed E-state index contributed by atoms with van der Waals surface area (Å²) in [5.41, 5.74) is 6.82. The first kappa shape index (κ1) is 15.6. The summed E-state index contributed by atoms with van der Waals surface area (Å²) in [6, 6.07) is 6.83. The molecular formula is C14H14ClFN2O2S. The van der Waals surface area contributed by atoms with Crippen LogP contribution in [0.1, 0.15) is 11.1 Å². The number of sulfonamides is 1. The van der Waals surface area contributed by atoms with Gasteiger partial charge in [0.15, 0.2) is 0 Å². The molecule has 0 amide bonds. The van der Waals surface area contributed by atoms with E-state index in [0.717, 1.165) is 0 Å². The van der Waals surface area contributed by atoms with Crippen molar-refractivity contribution < 1.29 is 12.8 Å². The Hall–Kier alpha value is -1.79. The fourth-order valence-electron chi connectivity index (χ4n) is 2.14. The third-order valence-electron chi connectivity index (χ3n) is 2.93. The van der Waals surface area contributed by atoms with E-state index in [1.165, 1.54) is 38.1 Å². The summed E-state index contributed by atoms with van der Waals surface area (Å²) in [5.74, 6) is -0.481. The van der Waals surface area contributed by atoms with Crippen LogP contribution >= 0.6 is 11.6 Å². The minimum Gasteiger partial charge on any atom is -0.399 e. The van der Waals surface area contributed by atoms with Gasteiger partial charge in [-0.3, -0.25) is 4.72 Å². The van der Waals surface area contributed by atoms with Crippen molar-refractivity contribution >= 4 is 33.0 Å². The van der Waals surface area contributed by atoms with Crippen molar-refractivity contribution in [3.63, 3.8) is 0 Å². The lowest BCUT2D eigenvalue weighted by Gasteiger charge is -2.14. The minimum atomic E-state index is -3.89. The SMILES string of the molecule is Cc1cc(F)cc(C)c1S(=O)(=O)Nc1cc(N)ccc1Cl. The van der Waals surface area contributed by atoms with Gasteiger partial charge in [0.25, 0.3) is 10.0 Å². The number of anilines is 2. The van der Waals surface area contributed by atoms with E-state index in [1.54, 1.807) is 6.07 Å². The quantitative estimate of drug-likeness (QED) is 0.847. The number of nitrogen functional groups attached to an aromatic ring is 1. The van der Waals surface area contributed by atoms with Gasteiger partial charge in [-0.2, -0.15) is 0 Å². The minimum absolute atomic E-state index is 0.0300. The molecule has 0 atom stereocenters. The number of nitrogens with one attached hydrogen (secondary N) is 1. The second-order valence-electron chi connectivity index (χ2n) is 4.71. The van der Waals surface area contributed by atoms with Crippen LogP contribution in [0.2, 0.25) is 5.02 Å². The van der Waals surface area contributed by atoms with Gasteiger partial charge in [-0.15, -0.1) is 0 Å². The van der Waals surface area contributed by atoms with Crippen LogP contribution in [0, 0.1) is 19.7 Å². The van der Waals surface area contributed by atoms with Gasteiger partial charge in [-0.05, 0) is 55.3 Å². The number of rotatable bonds is 3. The molecule has 0 aliphatic rings. The van der Waals surface area contributed by atoms with Gasteiger partial charge in [-0.25, -0.2) is 12.8 Å². The first-order valence-corrected chi connectivity index (χ1v) is 7.91. The van der Waals surface area contributed by atoms with Crippen molar-refractivity contribution in [3.8, 4) is 0 Å². The van der Waals surface area contributed by atoms with Crippen molar-refractivity contribution in [2.24, 2.45) is 0 Å². The van der Waals surface area contributed by atoms with Crippen LogP contribution in [0.15, 0.2) is 35.2 Å². The number of hydrogen-bond acceptors (Lipinski definition) is 3. The summed E-state index contributed by atoms with van der Waals surface area (Å²) >= 11 is 5.95. The molecule has 112 valence electrons. The first-order valence-electron chi connectivity index (χ1n) is 6.05. The summed E-state index contributed by atoms with van der Waals surface area (Å²) in [7, 11) is -3.89. The molecule has 2 rings (SSSR count). The van der Waals surface area contributed by atoms with E-state index in [1.807, 2.05) is 0 Å². The van der Waals surface area contributed by atoms with E-state index in [2.05, 4.69) is 4.72 Å². The first-order chi connectivity index (χ1) is 9.70. The Bertz CT molecular complexity index is 784. The van der Waals surface area contributed by atoms with E-state index < -0.39 is 15.8 Å². The molecule has 0 fully saturated rings. The lowest BCUT2D eigenvalue weighted by atomic mass is 10.1. The molecule has 7 heteroatoms. The fraction of sp³-hybridized carbons (Fsp3) is 0.143. The highest BCUT2D eigenvalue weighted by molar-refractivity contribution is 7.92. The van der Waals surface area contributed by atoms with Crippen LogP contribution in [0.25, 0.3) is 0 Å². The number of hydrogen-bond donors (Lipinski definition) is 2. The molecule has 0 aliphatic heterocycles. The lowest BCUT2D eigenvalue weighted by molar-refractivity contribution is 0.597. The van der Waals surface area contributed by atoms with E-state index >= 15 is 0 Å². The Labute approximate surface area is 127 Å². The monoisotopic (exact) mass is 328 g/mol. The van der Waals surface area contributed by atoms with E-state index in [4.69, 9.17) is 17.3 Å². The van der Waals surface area contributed by atoms with Gasteiger partial charge in [-0.1, -0.05) is 11.6 Å². The number of halogens is 2. The molecule has 0 saturated heterocycles. The molecule has 0 spiro atoms. The highest BCUT2D eigenvalue weighted by atomic mass is 35.5. The summed E-state index contributed by atoms with van der Waals surface area (Å²) in [4.78, 5) is 0.0300. The summed E-state index contributed by atoms with van der Waals surface area (Å²) in [6.07, 6.45) is 0. The van der Waals surface area contributed by atoms with Crippen LogP contribution in [-0.2, 0) is 10.0 Å². The Morgan fingerprint density at radius 2 is 1.71 bits per heavy atom.